The first-order chi connectivity index (χ1) is 12.9. The molecule has 5 nitrogen and oxygen atoms in total. The van der Waals surface area contributed by atoms with E-state index in [0.29, 0.717) is 18.7 Å². The van der Waals surface area contributed by atoms with E-state index in [-0.39, 0.29) is 23.3 Å². The number of nitrogens with zero attached hydrogens (tertiary/aromatic N) is 1. The van der Waals surface area contributed by atoms with Crippen LogP contribution in [0.25, 0.3) is 0 Å². The van der Waals surface area contributed by atoms with Gasteiger partial charge in [0.1, 0.15) is 0 Å². The van der Waals surface area contributed by atoms with Gasteiger partial charge in [0, 0.05) is 29.2 Å². The van der Waals surface area contributed by atoms with Gasteiger partial charge in [-0.3, -0.25) is 4.79 Å². The summed E-state index contributed by atoms with van der Waals surface area (Å²) in [4.78, 5) is 12.8. The summed E-state index contributed by atoms with van der Waals surface area (Å²) in [6.45, 7) is 2.37. The summed E-state index contributed by atoms with van der Waals surface area (Å²) in [5, 5.41) is 2.85. The number of piperidine rings is 1. The van der Waals surface area contributed by atoms with Gasteiger partial charge in [-0.2, -0.15) is 4.31 Å². The molecule has 2 aromatic carbocycles. The molecule has 0 spiro atoms. The van der Waals surface area contributed by atoms with Gasteiger partial charge in [-0.15, -0.1) is 0 Å². The summed E-state index contributed by atoms with van der Waals surface area (Å²) in [5.74, 6) is -0.173. The summed E-state index contributed by atoms with van der Waals surface area (Å²) in [6.07, 6.45) is 2.59. The van der Waals surface area contributed by atoms with Crippen LogP contribution in [0.3, 0.4) is 0 Å². The molecule has 0 radical (unpaired) electrons. The van der Waals surface area contributed by atoms with Gasteiger partial charge >= 0.3 is 0 Å². The van der Waals surface area contributed by atoms with Gasteiger partial charge in [0.15, 0.2) is 0 Å². The van der Waals surface area contributed by atoms with Crippen molar-refractivity contribution in [3.8, 4) is 0 Å². The Kier molecular flexibility index (Phi) is 6.34. The Labute approximate surface area is 169 Å². The molecule has 1 amide bonds. The van der Waals surface area contributed by atoms with Crippen LogP contribution < -0.4 is 5.32 Å². The number of hydrogen-bond donors (Lipinski definition) is 1. The molecule has 1 saturated heterocycles. The van der Waals surface area contributed by atoms with Crippen molar-refractivity contribution in [2.75, 3.05) is 11.9 Å². The van der Waals surface area contributed by atoms with Crippen LogP contribution in [0.2, 0.25) is 0 Å². The molecule has 1 atom stereocenters. The van der Waals surface area contributed by atoms with Crippen LogP contribution in [-0.4, -0.2) is 31.2 Å². The number of rotatable bonds is 5. The highest BCUT2D eigenvalue weighted by molar-refractivity contribution is 9.10. The van der Waals surface area contributed by atoms with Crippen molar-refractivity contribution in [3.05, 3.63) is 58.6 Å². The second-order valence-corrected chi connectivity index (χ2v) is 9.64. The monoisotopic (exact) mass is 450 g/mol. The topological polar surface area (TPSA) is 66.5 Å². The van der Waals surface area contributed by atoms with Gasteiger partial charge < -0.3 is 5.32 Å². The zero-order valence-electron chi connectivity index (χ0n) is 15.2. The maximum Gasteiger partial charge on any atom is 0.243 e. The fourth-order valence-corrected chi connectivity index (χ4v) is 5.26. The lowest BCUT2D eigenvalue weighted by Crippen LogP contribution is -2.45. The Morgan fingerprint density at radius 1 is 1.11 bits per heavy atom. The number of amides is 1. The highest BCUT2D eigenvalue weighted by atomic mass is 79.9. The van der Waals surface area contributed by atoms with Crippen molar-refractivity contribution in [1.29, 1.82) is 0 Å². The largest absolute Gasteiger partial charge is 0.326 e. The van der Waals surface area contributed by atoms with Crippen molar-refractivity contribution in [3.63, 3.8) is 0 Å². The van der Waals surface area contributed by atoms with Crippen LogP contribution in [0.15, 0.2) is 57.9 Å². The number of benzene rings is 2. The minimum Gasteiger partial charge on any atom is -0.326 e. The van der Waals surface area contributed by atoms with Crippen molar-refractivity contribution >= 4 is 37.5 Å². The lowest BCUT2D eigenvalue weighted by atomic mass is 10.0. The summed E-state index contributed by atoms with van der Waals surface area (Å²) in [6, 6.07) is 13.9. The summed E-state index contributed by atoms with van der Waals surface area (Å²) < 4.78 is 28.6. The predicted octanol–water partition coefficient (Wildman–Crippen LogP) is 4.33. The quantitative estimate of drug-likeness (QED) is 0.736. The standard InChI is InChI=1S/C20H23BrN2O3S/c1-15-5-11-19(12-6-15)27(25,26)23-13-3-2-4-18(23)14-20(24)22-17-9-7-16(21)8-10-17/h5-12,18H,2-4,13-14H2,1H3,(H,22,24)/t18-/m1/s1. The van der Waals surface area contributed by atoms with Crippen LogP contribution in [0.1, 0.15) is 31.2 Å². The molecule has 1 N–H and O–H groups in total. The first kappa shape index (κ1) is 20.0. The molecule has 3 rings (SSSR count). The molecule has 27 heavy (non-hydrogen) atoms. The zero-order chi connectivity index (χ0) is 19.4. The van der Waals surface area contributed by atoms with Gasteiger partial charge in [0.25, 0.3) is 0 Å². The Bertz CT molecular complexity index is 896. The molecule has 0 bridgehead atoms. The van der Waals surface area contributed by atoms with Gasteiger partial charge in [-0.25, -0.2) is 8.42 Å². The van der Waals surface area contributed by atoms with Crippen LogP contribution >= 0.6 is 15.9 Å². The summed E-state index contributed by atoms with van der Waals surface area (Å²) >= 11 is 3.36. The van der Waals surface area contributed by atoms with E-state index in [1.807, 2.05) is 31.2 Å². The Hall–Kier alpha value is -1.70. The molecule has 0 aromatic heterocycles. The maximum absolute atomic E-state index is 13.1. The third-order valence-corrected chi connectivity index (χ3v) is 7.24. The van der Waals surface area contributed by atoms with E-state index in [4.69, 9.17) is 0 Å². The van der Waals surface area contributed by atoms with Crippen molar-refractivity contribution in [2.24, 2.45) is 0 Å². The third-order valence-electron chi connectivity index (χ3n) is 4.75. The number of carbonyl (C=O) groups is 1. The van der Waals surface area contributed by atoms with Crippen molar-refractivity contribution in [2.45, 2.75) is 43.5 Å². The zero-order valence-corrected chi connectivity index (χ0v) is 17.6. The number of halogens is 1. The van der Waals surface area contributed by atoms with E-state index < -0.39 is 10.0 Å². The van der Waals surface area contributed by atoms with E-state index >= 15 is 0 Å². The maximum atomic E-state index is 13.1. The van der Waals surface area contributed by atoms with Crippen LogP contribution in [-0.2, 0) is 14.8 Å². The van der Waals surface area contributed by atoms with Gasteiger partial charge in [0.2, 0.25) is 15.9 Å². The van der Waals surface area contributed by atoms with Crippen molar-refractivity contribution in [1.82, 2.24) is 4.31 Å². The molecule has 1 aliphatic heterocycles. The first-order valence-corrected chi connectivity index (χ1v) is 11.2. The molecule has 1 aliphatic rings. The number of anilines is 1. The molecular formula is C20H23BrN2O3S. The average molecular weight is 451 g/mol. The summed E-state index contributed by atoms with van der Waals surface area (Å²) in [7, 11) is -3.60. The molecule has 144 valence electrons. The molecule has 1 fully saturated rings. The van der Waals surface area contributed by atoms with E-state index in [0.717, 1.165) is 22.9 Å². The molecule has 0 saturated carbocycles. The minimum absolute atomic E-state index is 0.154. The Balaban J connectivity index is 1.73. The second-order valence-electron chi connectivity index (χ2n) is 6.84. The Morgan fingerprint density at radius 2 is 1.78 bits per heavy atom. The number of hydrogen-bond acceptors (Lipinski definition) is 3. The van der Waals surface area contributed by atoms with Gasteiger partial charge in [0.05, 0.1) is 4.90 Å². The number of nitrogens with one attached hydrogen (secondary N) is 1. The number of sulfonamides is 1. The summed E-state index contributed by atoms with van der Waals surface area (Å²) in [5.41, 5.74) is 1.71. The minimum atomic E-state index is -3.60. The lowest BCUT2D eigenvalue weighted by molar-refractivity contribution is -0.117. The normalized spacial score (nSPS) is 18.2. The van der Waals surface area contributed by atoms with E-state index in [1.165, 1.54) is 4.31 Å². The second kappa shape index (κ2) is 8.54. The first-order valence-electron chi connectivity index (χ1n) is 9.00. The average Bonchev–Trinajstić information content (AvgIpc) is 2.64. The molecule has 0 aliphatic carbocycles. The van der Waals surface area contributed by atoms with Crippen molar-refractivity contribution < 1.29 is 13.2 Å². The molecule has 0 unspecified atom stereocenters. The van der Waals surface area contributed by atoms with Gasteiger partial charge in [-0.05, 0) is 56.2 Å². The van der Waals surface area contributed by atoms with Gasteiger partial charge in [-0.1, -0.05) is 40.0 Å². The predicted molar refractivity (Wildman–Crippen MR) is 110 cm³/mol. The molecule has 1 heterocycles. The van der Waals surface area contributed by atoms with E-state index in [2.05, 4.69) is 21.2 Å². The molecule has 2 aromatic rings. The van der Waals surface area contributed by atoms with Crippen LogP contribution in [0.5, 0.6) is 0 Å². The Morgan fingerprint density at radius 3 is 2.44 bits per heavy atom. The van der Waals surface area contributed by atoms with Crippen LogP contribution in [0, 0.1) is 6.92 Å². The smallest absolute Gasteiger partial charge is 0.243 e. The van der Waals surface area contributed by atoms with Crippen LogP contribution in [0.4, 0.5) is 5.69 Å². The highest BCUT2D eigenvalue weighted by Crippen LogP contribution is 2.27. The van der Waals surface area contributed by atoms with E-state index in [9.17, 15) is 13.2 Å². The number of carbonyl (C=O) groups excluding carboxylic acids is 1. The number of aryl methyl sites for hydroxylation is 1. The fraction of sp³-hybridized carbons (Fsp3) is 0.350. The lowest BCUT2D eigenvalue weighted by Gasteiger charge is -2.34. The molecule has 7 heteroatoms. The fourth-order valence-electron chi connectivity index (χ4n) is 3.30. The molecular weight excluding hydrogens is 428 g/mol. The SMILES string of the molecule is Cc1ccc(S(=O)(=O)N2CCCC[C@@H]2CC(=O)Nc2ccc(Br)cc2)cc1. The third kappa shape index (κ3) is 4.97. The highest BCUT2D eigenvalue weighted by Gasteiger charge is 2.34. The van der Waals surface area contributed by atoms with E-state index in [1.54, 1.807) is 24.3 Å².